The van der Waals surface area contributed by atoms with E-state index in [2.05, 4.69) is 4.90 Å². The fraction of sp³-hybridized carbons (Fsp3) is 0.429. The number of carbonyl (C=O) groups excluding carboxylic acids is 1. The molecular formula is C21H25N5O4. The molecule has 0 bridgehead atoms. The summed E-state index contributed by atoms with van der Waals surface area (Å²) in [6, 6.07) is 5.11. The van der Waals surface area contributed by atoms with Gasteiger partial charge < -0.3 is 14.0 Å². The first-order valence-electron chi connectivity index (χ1n) is 10.1. The molecule has 1 N–H and O–H groups in total. The van der Waals surface area contributed by atoms with E-state index in [0.717, 1.165) is 18.7 Å². The van der Waals surface area contributed by atoms with E-state index in [4.69, 9.17) is 19.9 Å². The van der Waals surface area contributed by atoms with Crippen LogP contribution in [0.2, 0.25) is 0 Å². The van der Waals surface area contributed by atoms with Crippen molar-refractivity contribution in [2.24, 2.45) is 0 Å². The zero-order valence-corrected chi connectivity index (χ0v) is 17.2. The van der Waals surface area contributed by atoms with E-state index in [0.29, 0.717) is 43.0 Å². The van der Waals surface area contributed by atoms with Crippen molar-refractivity contribution in [2.75, 3.05) is 39.5 Å². The molecule has 9 nitrogen and oxygen atoms in total. The van der Waals surface area contributed by atoms with E-state index in [9.17, 15) is 9.59 Å². The Morgan fingerprint density at radius 3 is 2.77 bits per heavy atom. The van der Waals surface area contributed by atoms with Gasteiger partial charge in [0.15, 0.2) is 0 Å². The number of fused-ring (bicyclic) bond motifs is 2. The quantitative estimate of drug-likeness (QED) is 0.495. The molecule has 4 heterocycles. The Balaban J connectivity index is 1.92. The summed E-state index contributed by atoms with van der Waals surface area (Å²) in [6.45, 7) is 7.84. The van der Waals surface area contributed by atoms with Gasteiger partial charge in [0.25, 0.3) is 5.56 Å². The van der Waals surface area contributed by atoms with Gasteiger partial charge in [-0.1, -0.05) is 6.07 Å². The number of ether oxygens (including phenoxy) is 2. The maximum atomic E-state index is 13.2. The first-order chi connectivity index (χ1) is 14.5. The first kappa shape index (κ1) is 20.2. The second kappa shape index (κ2) is 8.37. The third-order valence-electron chi connectivity index (χ3n) is 5.37. The van der Waals surface area contributed by atoms with Crippen molar-refractivity contribution < 1.29 is 14.3 Å². The van der Waals surface area contributed by atoms with Crippen molar-refractivity contribution >= 4 is 22.6 Å². The molecule has 30 heavy (non-hydrogen) atoms. The predicted molar refractivity (Wildman–Crippen MR) is 111 cm³/mol. The summed E-state index contributed by atoms with van der Waals surface area (Å²) in [7, 11) is 0. The highest BCUT2D eigenvalue weighted by molar-refractivity contribution is 5.93. The SMILES string of the molecule is CCOC(=O)c1cc2c(=O)n3cccc(C)c3nc2n(CCN2CCOCC2)c1=N. The van der Waals surface area contributed by atoms with Gasteiger partial charge in [-0.15, -0.1) is 0 Å². The molecule has 1 saturated heterocycles. The molecule has 0 aliphatic carbocycles. The lowest BCUT2D eigenvalue weighted by molar-refractivity contribution is 0.0363. The molecule has 158 valence electrons. The van der Waals surface area contributed by atoms with Crippen molar-refractivity contribution in [1.82, 2.24) is 18.9 Å². The Hall–Kier alpha value is -3.04. The van der Waals surface area contributed by atoms with Gasteiger partial charge in [-0.3, -0.25) is 19.5 Å². The molecule has 0 spiro atoms. The van der Waals surface area contributed by atoms with Gasteiger partial charge in [-0.05, 0) is 31.5 Å². The summed E-state index contributed by atoms with van der Waals surface area (Å²) < 4.78 is 13.6. The van der Waals surface area contributed by atoms with Crippen LogP contribution in [0.5, 0.6) is 0 Å². The Morgan fingerprint density at radius 2 is 2.03 bits per heavy atom. The molecule has 0 unspecified atom stereocenters. The number of nitrogens with one attached hydrogen (secondary N) is 1. The van der Waals surface area contributed by atoms with Gasteiger partial charge >= 0.3 is 5.97 Å². The number of hydrogen-bond donors (Lipinski definition) is 1. The van der Waals surface area contributed by atoms with E-state index in [-0.39, 0.29) is 23.2 Å². The lowest BCUT2D eigenvalue weighted by atomic mass is 10.2. The number of aromatic nitrogens is 3. The molecule has 3 aromatic rings. The second-order valence-electron chi connectivity index (χ2n) is 7.27. The number of esters is 1. The summed E-state index contributed by atoms with van der Waals surface area (Å²) in [4.78, 5) is 32.6. The molecule has 0 aromatic carbocycles. The molecule has 4 rings (SSSR count). The van der Waals surface area contributed by atoms with Crippen LogP contribution in [0.1, 0.15) is 22.8 Å². The maximum absolute atomic E-state index is 13.2. The van der Waals surface area contributed by atoms with Crippen molar-refractivity contribution in [3.05, 3.63) is 51.4 Å². The van der Waals surface area contributed by atoms with Crippen LogP contribution in [0.3, 0.4) is 0 Å². The largest absolute Gasteiger partial charge is 0.462 e. The monoisotopic (exact) mass is 411 g/mol. The molecule has 9 heteroatoms. The molecular weight excluding hydrogens is 386 g/mol. The van der Waals surface area contributed by atoms with Crippen LogP contribution in [0, 0.1) is 12.3 Å². The van der Waals surface area contributed by atoms with Gasteiger partial charge in [0.1, 0.15) is 22.3 Å². The number of rotatable bonds is 5. The smallest absolute Gasteiger partial charge is 0.341 e. The molecule has 0 saturated carbocycles. The molecule has 1 aliphatic heterocycles. The number of hydrogen-bond acceptors (Lipinski definition) is 7. The number of carbonyl (C=O) groups is 1. The lowest BCUT2D eigenvalue weighted by Crippen LogP contribution is -2.40. The zero-order valence-electron chi connectivity index (χ0n) is 17.2. The predicted octanol–water partition coefficient (Wildman–Crippen LogP) is 0.946. The molecule has 1 fully saturated rings. The van der Waals surface area contributed by atoms with Gasteiger partial charge in [-0.2, -0.15) is 0 Å². The minimum atomic E-state index is -0.613. The summed E-state index contributed by atoms with van der Waals surface area (Å²) in [5, 5.41) is 8.95. The van der Waals surface area contributed by atoms with Gasteiger partial charge in [0.05, 0.1) is 25.2 Å². The molecule has 0 atom stereocenters. The Bertz CT molecular complexity index is 1220. The van der Waals surface area contributed by atoms with Crippen molar-refractivity contribution in [3.63, 3.8) is 0 Å². The first-order valence-corrected chi connectivity index (χ1v) is 10.1. The van der Waals surface area contributed by atoms with E-state index in [1.54, 1.807) is 23.8 Å². The molecule has 3 aromatic heterocycles. The number of aryl methyl sites for hydroxylation is 1. The van der Waals surface area contributed by atoms with Crippen LogP contribution >= 0.6 is 0 Å². The number of nitrogens with zero attached hydrogens (tertiary/aromatic N) is 4. The fourth-order valence-electron chi connectivity index (χ4n) is 3.74. The molecule has 0 amide bonds. The third-order valence-corrected chi connectivity index (χ3v) is 5.37. The third kappa shape index (κ3) is 3.61. The highest BCUT2D eigenvalue weighted by Gasteiger charge is 2.19. The van der Waals surface area contributed by atoms with Crippen LogP contribution in [0.15, 0.2) is 29.2 Å². The second-order valence-corrected chi connectivity index (χ2v) is 7.27. The van der Waals surface area contributed by atoms with Crippen LogP contribution in [-0.2, 0) is 16.0 Å². The molecule has 0 radical (unpaired) electrons. The summed E-state index contributed by atoms with van der Waals surface area (Å²) >= 11 is 0. The standard InChI is InChI=1S/C21H25N5O4/c1-3-30-21(28)15-13-16-19(23-18-14(2)5-4-6-26(18)20(16)27)25(17(15)22)8-7-24-9-11-29-12-10-24/h4-6,13,22H,3,7-12H2,1-2H3. The summed E-state index contributed by atoms with van der Waals surface area (Å²) in [5.74, 6) is -0.613. The van der Waals surface area contributed by atoms with Crippen LogP contribution in [0.4, 0.5) is 0 Å². The number of morpholine rings is 1. The van der Waals surface area contributed by atoms with Crippen LogP contribution in [0.25, 0.3) is 16.7 Å². The average Bonchev–Trinajstić information content (AvgIpc) is 2.75. The zero-order chi connectivity index (χ0) is 21.3. The Morgan fingerprint density at radius 1 is 1.27 bits per heavy atom. The number of pyridine rings is 2. The van der Waals surface area contributed by atoms with E-state index in [1.165, 1.54) is 10.5 Å². The molecule has 1 aliphatic rings. The summed E-state index contributed by atoms with van der Waals surface area (Å²) in [5.41, 5.74) is 1.59. The topological polar surface area (TPSA) is 102 Å². The highest BCUT2D eigenvalue weighted by Crippen LogP contribution is 2.13. The Kier molecular flexibility index (Phi) is 5.65. The normalized spacial score (nSPS) is 15.0. The summed E-state index contributed by atoms with van der Waals surface area (Å²) in [6.07, 6.45) is 1.66. The van der Waals surface area contributed by atoms with Gasteiger partial charge in [0, 0.05) is 32.4 Å². The van der Waals surface area contributed by atoms with Crippen molar-refractivity contribution in [3.8, 4) is 0 Å². The van der Waals surface area contributed by atoms with Crippen molar-refractivity contribution in [2.45, 2.75) is 20.4 Å². The van der Waals surface area contributed by atoms with E-state index < -0.39 is 5.97 Å². The highest BCUT2D eigenvalue weighted by atomic mass is 16.5. The van der Waals surface area contributed by atoms with Gasteiger partial charge in [0.2, 0.25) is 0 Å². The van der Waals surface area contributed by atoms with E-state index >= 15 is 0 Å². The Labute approximate surface area is 173 Å². The fourth-order valence-corrected chi connectivity index (χ4v) is 3.74. The van der Waals surface area contributed by atoms with E-state index in [1.807, 2.05) is 13.0 Å². The minimum absolute atomic E-state index is 0.000886. The van der Waals surface area contributed by atoms with Gasteiger partial charge in [-0.25, -0.2) is 9.78 Å². The van der Waals surface area contributed by atoms with Crippen molar-refractivity contribution in [1.29, 1.82) is 5.41 Å². The minimum Gasteiger partial charge on any atom is -0.462 e. The van der Waals surface area contributed by atoms with Crippen LogP contribution < -0.4 is 11.0 Å². The maximum Gasteiger partial charge on any atom is 0.341 e. The lowest BCUT2D eigenvalue weighted by Gasteiger charge is -2.27. The van der Waals surface area contributed by atoms with Crippen LogP contribution in [-0.4, -0.2) is 64.3 Å². The average molecular weight is 411 g/mol.